The van der Waals surface area contributed by atoms with Gasteiger partial charge in [-0.25, -0.2) is 4.39 Å². The Balaban J connectivity index is 1.62. The molecule has 2 heterocycles. The molecule has 0 aliphatic carbocycles. The first-order valence-corrected chi connectivity index (χ1v) is 9.13. The van der Waals surface area contributed by atoms with Crippen molar-refractivity contribution >= 4 is 0 Å². The van der Waals surface area contributed by atoms with Crippen LogP contribution in [0.3, 0.4) is 0 Å². The maximum absolute atomic E-state index is 14.5. The summed E-state index contributed by atoms with van der Waals surface area (Å²) in [5.41, 5.74) is -2.39. The molecule has 3 rings (SSSR count). The van der Waals surface area contributed by atoms with Crippen molar-refractivity contribution in [3.63, 3.8) is 0 Å². The molecule has 7 heteroatoms. The van der Waals surface area contributed by atoms with E-state index in [1.165, 1.54) is 18.2 Å². The first kappa shape index (κ1) is 19.6. The standard InChI is InChI=1S/C19H25F4NO2/c20-17(14-5-11-26-12-6-14)13-24-9-7-18(25,8-10-24)15-3-1-2-4-16(15)19(21,22)23/h1-4,14,17,25H,5-13H2. The Morgan fingerprint density at radius 1 is 1.15 bits per heavy atom. The van der Waals surface area contributed by atoms with Crippen LogP contribution in [0.1, 0.15) is 36.8 Å². The van der Waals surface area contributed by atoms with Gasteiger partial charge in [0.25, 0.3) is 0 Å². The number of aliphatic hydroxyl groups is 1. The maximum Gasteiger partial charge on any atom is 0.416 e. The van der Waals surface area contributed by atoms with Crippen LogP contribution in [-0.2, 0) is 16.5 Å². The van der Waals surface area contributed by atoms with Gasteiger partial charge in [0.2, 0.25) is 0 Å². The van der Waals surface area contributed by atoms with Gasteiger partial charge in [0.15, 0.2) is 0 Å². The molecular weight excluding hydrogens is 350 g/mol. The third kappa shape index (κ3) is 4.38. The average Bonchev–Trinajstić information content (AvgIpc) is 2.64. The number of rotatable bonds is 4. The van der Waals surface area contributed by atoms with Crippen molar-refractivity contribution in [3.8, 4) is 0 Å². The highest BCUT2D eigenvalue weighted by atomic mass is 19.4. The molecule has 0 saturated carbocycles. The zero-order chi connectivity index (χ0) is 18.8. The first-order chi connectivity index (χ1) is 12.3. The molecule has 1 atom stereocenters. The third-order valence-electron chi connectivity index (χ3n) is 5.63. The van der Waals surface area contributed by atoms with E-state index in [4.69, 9.17) is 4.74 Å². The number of ether oxygens (including phenoxy) is 1. The highest BCUT2D eigenvalue weighted by Gasteiger charge is 2.42. The van der Waals surface area contributed by atoms with Crippen LogP contribution in [0.15, 0.2) is 24.3 Å². The molecule has 3 nitrogen and oxygen atoms in total. The van der Waals surface area contributed by atoms with Crippen LogP contribution < -0.4 is 0 Å². The van der Waals surface area contributed by atoms with E-state index >= 15 is 0 Å². The molecule has 0 bridgehead atoms. The molecule has 2 fully saturated rings. The Labute approximate surface area is 150 Å². The molecule has 0 amide bonds. The van der Waals surface area contributed by atoms with Crippen LogP contribution in [0.25, 0.3) is 0 Å². The van der Waals surface area contributed by atoms with Gasteiger partial charge in [-0.15, -0.1) is 0 Å². The minimum Gasteiger partial charge on any atom is -0.385 e. The van der Waals surface area contributed by atoms with E-state index in [1.807, 2.05) is 4.90 Å². The van der Waals surface area contributed by atoms with Gasteiger partial charge < -0.3 is 14.7 Å². The highest BCUT2D eigenvalue weighted by Crippen LogP contribution is 2.41. The van der Waals surface area contributed by atoms with E-state index in [0.717, 1.165) is 6.07 Å². The normalized spacial score (nSPS) is 23.7. The second kappa shape index (κ2) is 7.82. The quantitative estimate of drug-likeness (QED) is 0.814. The van der Waals surface area contributed by atoms with Gasteiger partial charge in [-0.2, -0.15) is 13.2 Å². The topological polar surface area (TPSA) is 32.7 Å². The highest BCUT2D eigenvalue weighted by molar-refractivity contribution is 5.35. The second-order valence-electron chi connectivity index (χ2n) is 7.34. The number of nitrogens with zero attached hydrogens (tertiary/aromatic N) is 1. The molecule has 2 aliphatic heterocycles. The second-order valence-corrected chi connectivity index (χ2v) is 7.34. The number of alkyl halides is 4. The van der Waals surface area contributed by atoms with Crippen molar-refractivity contribution < 1.29 is 27.4 Å². The lowest BCUT2D eigenvalue weighted by Crippen LogP contribution is -2.46. The molecule has 0 radical (unpaired) electrons. The summed E-state index contributed by atoms with van der Waals surface area (Å²) in [7, 11) is 0. The molecule has 2 aliphatic rings. The van der Waals surface area contributed by atoms with Crippen molar-refractivity contribution in [2.45, 2.75) is 43.6 Å². The zero-order valence-corrected chi connectivity index (χ0v) is 14.6. The monoisotopic (exact) mass is 375 g/mol. The molecular formula is C19H25F4NO2. The number of benzene rings is 1. The average molecular weight is 375 g/mol. The van der Waals surface area contributed by atoms with Gasteiger partial charge in [0, 0.05) is 32.8 Å². The molecule has 1 aromatic carbocycles. The van der Waals surface area contributed by atoms with Crippen molar-refractivity contribution in [1.29, 1.82) is 0 Å². The van der Waals surface area contributed by atoms with E-state index in [9.17, 15) is 22.7 Å². The molecule has 1 N–H and O–H groups in total. The summed E-state index contributed by atoms with van der Waals surface area (Å²) in [6.45, 7) is 2.19. The van der Waals surface area contributed by atoms with Crippen LogP contribution in [0.4, 0.5) is 17.6 Å². The van der Waals surface area contributed by atoms with Crippen LogP contribution in [0.5, 0.6) is 0 Å². The van der Waals surface area contributed by atoms with Gasteiger partial charge in [-0.1, -0.05) is 18.2 Å². The van der Waals surface area contributed by atoms with E-state index < -0.39 is 23.5 Å². The van der Waals surface area contributed by atoms with Crippen LogP contribution in [0.2, 0.25) is 0 Å². The van der Waals surface area contributed by atoms with Gasteiger partial charge in [-0.05, 0) is 43.2 Å². The van der Waals surface area contributed by atoms with Crippen molar-refractivity contribution in [3.05, 3.63) is 35.4 Å². The predicted molar refractivity (Wildman–Crippen MR) is 89.5 cm³/mol. The lowest BCUT2D eigenvalue weighted by atomic mass is 9.81. The minimum absolute atomic E-state index is 0.0180. The number of likely N-dealkylation sites (tertiary alicyclic amines) is 1. The fourth-order valence-corrected chi connectivity index (χ4v) is 3.98. The largest absolute Gasteiger partial charge is 0.416 e. The summed E-state index contributed by atoms with van der Waals surface area (Å²) in [5.74, 6) is -0.0180. The zero-order valence-electron chi connectivity index (χ0n) is 14.6. The van der Waals surface area contributed by atoms with Crippen LogP contribution in [-0.4, -0.2) is 49.0 Å². The van der Waals surface area contributed by atoms with Crippen molar-refractivity contribution in [1.82, 2.24) is 4.90 Å². The molecule has 146 valence electrons. The van der Waals surface area contributed by atoms with Crippen LogP contribution >= 0.6 is 0 Å². The molecule has 1 unspecified atom stereocenters. The minimum atomic E-state index is -4.50. The summed E-state index contributed by atoms with van der Waals surface area (Å²) in [5, 5.41) is 10.9. The molecule has 1 aromatic rings. The van der Waals surface area contributed by atoms with E-state index in [2.05, 4.69) is 0 Å². The van der Waals surface area contributed by atoms with E-state index in [1.54, 1.807) is 0 Å². The Bertz CT molecular complexity index is 593. The van der Waals surface area contributed by atoms with E-state index in [-0.39, 0.29) is 30.9 Å². The number of hydrogen-bond donors (Lipinski definition) is 1. The number of hydrogen-bond acceptors (Lipinski definition) is 3. The number of piperidine rings is 1. The van der Waals surface area contributed by atoms with Gasteiger partial charge in [0.1, 0.15) is 6.17 Å². The third-order valence-corrected chi connectivity index (χ3v) is 5.63. The molecule has 0 spiro atoms. The van der Waals surface area contributed by atoms with Gasteiger partial charge in [0.05, 0.1) is 11.2 Å². The summed E-state index contributed by atoms with van der Waals surface area (Å²) in [6.07, 6.45) is -3.72. The van der Waals surface area contributed by atoms with E-state index in [0.29, 0.717) is 39.1 Å². The fourth-order valence-electron chi connectivity index (χ4n) is 3.98. The van der Waals surface area contributed by atoms with Crippen molar-refractivity contribution in [2.24, 2.45) is 5.92 Å². The fraction of sp³-hybridized carbons (Fsp3) is 0.684. The predicted octanol–water partition coefficient (Wildman–Crippen LogP) is 3.75. The lowest BCUT2D eigenvalue weighted by Gasteiger charge is -2.40. The SMILES string of the molecule is OC1(c2ccccc2C(F)(F)F)CCN(CC(F)C2CCOCC2)CC1. The first-order valence-electron chi connectivity index (χ1n) is 9.13. The smallest absolute Gasteiger partial charge is 0.385 e. The summed E-state index contributed by atoms with van der Waals surface area (Å²) in [6, 6.07) is 5.19. The van der Waals surface area contributed by atoms with Gasteiger partial charge in [-0.3, -0.25) is 0 Å². The Hall–Kier alpha value is -1.18. The summed E-state index contributed by atoms with van der Waals surface area (Å²) >= 11 is 0. The summed E-state index contributed by atoms with van der Waals surface area (Å²) < 4.78 is 59.5. The Kier molecular flexibility index (Phi) is 5.89. The van der Waals surface area contributed by atoms with Crippen molar-refractivity contribution in [2.75, 3.05) is 32.8 Å². The Morgan fingerprint density at radius 2 is 1.77 bits per heavy atom. The Morgan fingerprint density at radius 3 is 2.38 bits per heavy atom. The molecule has 26 heavy (non-hydrogen) atoms. The molecule has 0 aromatic heterocycles. The lowest BCUT2D eigenvalue weighted by molar-refractivity contribution is -0.142. The summed E-state index contributed by atoms with van der Waals surface area (Å²) in [4.78, 5) is 1.91. The van der Waals surface area contributed by atoms with Gasteiger partial charge >= 0.3 is 6.18 Å². The molecule has 2 saturated heterocycles. The maximum atomic E-state index is 14.5. The van der Waals surface area contributed by atoms with Crippen LogP contribution in [0, 0.1) is 5.92 Å². The number of halogens is 4.